The van der Waals surface area contributed by atoms with Gasteiger partial charge in [-0.2, -0.15) is 0 Å². The van der Waals surface area contributed by atoms with Gasteiger partial charge in [0.25, 0.3) is 0 Å². The maximum Gasteiger partial charge on any atom is 0.472 e. The minimum absolute atomic E-state index is 0.256. The molecule has 9 N–H and O–H groups in total. The van der Waals surface area contributed by atoms with Crippen LogP contribution in [0.15, 0.2) is 48.6 Å². The Bertz CT molecular complexity index is 1300. The largest absolute Gasteiger partial charge is 0.472 e. The molecule has 14 heteroatoms. The number of carbonyl (C=O) groups is 1. The zero-order chi connectivity index (χ0) is 48.0. The number of rotatable bonds is 42. The number of aliphatic hydroxyl groups excluding tert-OH is 7. The summed E-state index contributed by atoms with van der Waals surface area (Å²) in [6.07, 6.45) is 35.4. The Kier molecular flexibility index (Phi) is 37.9. The molecule has 13 nitrogen and oxygen atoms in total. The molecule has 0 aromatic carbocycles. The number of phosphoric acid groups is 1. The highest BCUT2D eigenvalue weighted by Gasteiger charge is 2.51. The van der Waals surface area contributed by atoms with Crippen LogP contribution in [0.4, 0.5) is 0 Å². The van der Waals surface area contributed by atoms with Crippen molar-refractivity contribution >= 4 is 13.7 Å². The van der Waals surface area contributed by atoms with Crippen molar-refractivity contribution < 1.29 is 59.0 Å². The van der Waals surface area contributed by atoms with Gasteiger partial charge in [-0.3, -0.25) is 13.8 Å². The van der Waals surface area contributed by atoms with Crippen molar-refractivity contribution in [2.75, 3.05) is 6.61 Å². The summed E-state index contributed by atoms with van der Waals surface area (Å²) in [5.74, 6) is -0.608. The van der Waals surface area contributed by atoms with E-state index in [0.717, 1.165) is 57.8 Å². The average molecular weight is 944 g/mol. The second-order valence-corrected chi connectivity index (χ2v) is 19.6. The molecule has 0 bridgehead atoms. The van der Waals surface area contributed by atoms with Crippen LogP contribution in [-0.2, 0) is 18.4 Å². The van der Waals surface area contributed by atoms with Crippen LogP contribution < -0.4 is 5.32 Å². The molecule has 1 aliphatic carbocycles. The van der Waals surface area contributed by atoms with E-state index in [1.54, 1.807) is 6.08 Å². The van der Waals surface area contributed by atoms with Crippen molar-refractivity contribution in [1.82, 2.24) is 5.32 Å². The fourth-order valence-electron chi connectivity index (χ4n) is 7.92. The number of unbranched alkanes of at least 4 members (excludes halogenated alkanes) is 23. The Labute approximate surface area is 393 Å². The Morgan fingerprint density at radius 1 is 0.554 bits per heavy atom. The van der Waals surface area contributed by atoms with Gasteiger partial charge in [0.15, 0.2) is 0 Å². The maximum absolute atomic E-state index is 13.0. The van der Waals surface area contributed by atoms with Gasteiger partial charge in [-0.1, -0.05) is 191 Å². The molecule has 1 rings (SSSR count). The van der Waals surface area contributed by atoms with E-state index in [-0.39, 0.29) is 6.42 Å². The van der Waals surface area contributed by atoms with E-state index in [1.165, 1.54) is 122 Å². The molecule has 1 saturated carbocycles. The molecule has 0 saturated heterocycles. The van der Waals surface area contributed by atoms with Gasteiger partial charge in [0, 0.05) is 0 Å². The molecule has 0 heterocycles. The van der Waals surface area contributed by atoms with Crippen molar-refractivity contribution in [3.05, 3.63) is 48.6 Å². The normalized spacial score (nSPS) is 22.9. The van der Waals surface area contributed by atoms with Crippen molar-refractivity contribution in [3.63, 3.8) is 0 Å². The SMILES string of the molecule is CCCC/C=C/CC/C=C/C(O)C(COP(=O)(O)OC1C(O)C(O)C(O)C(O)C1O)NC(=O)CC(O)CCCCCCCCCCCCC/C=C\C/C=C\CCCCCCCCCCC. The summed E-state index contributed by atoms with van der Waals surface area (Å²) < 4.78 is 22.8. The number of hydrogen-bond acceptors (Lipinski definition) is 11. The van der Waals surface area contributed by atoms with Crippen LogP contribution in [0.2, 0.25) is 0 Å². The quantitative estimate of drug-likeness (QED) is 0.0158. The summed E-state index contributed by atoms with van der Waals surface area (Å²) in [6.45, 7) is 3.64. The van der Waals surface area contributed by atoms with E-state index in [9.17, 15) is 50.0 Å². The van der Waals surface area contributed by atoms with E-state index in [4.69, 9.17) is 9.05 Å². The summed E-state index contributed by atoms with van der Waals surface area (Å²) in [7, 11) is -5.14. The van der Waals surface area contributed by atoms with Gasteiger partial charge in [-0.05, 0) is 57.8 Å². The molecule has 0 radical (unpaired) electrons. The van der Waals surface area contributed by atoms with Crippen molar-refractivity contribution in [2.24, 2.45) is 0 Å². The standard InChI is InChI=1S/C51H94NO12P/c1-3-5-7-9-11-13-14-15-16-17-18-19-20-21-22-23-24-25-26-27-28-29-30-31-32-34-36-38-42(53)40-45(55)52-43(44(54)39-37-35-33-12-10-8-6-4-2)41-63-65(61,62)64-51-49(59)47(57)46(56)48(58)50(51)60/h10,12,18-19,21-22,37,39,42-44,46-51,53-54,56-60H,3-9,11,13-17,20,23-36,38,40-41H2,1-2H3,(H,52,55)(H,61,62)/b12-10+,19-18-,22-21-,39-37+. The lowest BCUT2D eigenvalue weighted by Gasteiger charge is -2.41. The number of nitrogens with one attached hydrogen (secondary N) is 1. The van der Waals surface area contributed by atoms with Gasteiger partial charge in [0.05, 0.1) is 31.3 Å². The lowest BCUT2D eigenvalue weighted by Crippen LogP contribution is -2.64. The number of amides is 1. The first kappa shape index (κ1) is 61.3. The highest BCUT2D eigenvalue weighted by molar-refractivity contribution is 7.47. The minimum Gasteiger partial charge on any atom is -0.393 e. The molecule has 1 amide bonds. The fraction of sp³-hybridized carbons (Fsp3) is 0.824. The first-order chi connectivity index (χ1) is 31.3. The second kappa shape index (κ2) is 40.2. The minimum atomic E-state index is -5.14. The number of phosphoric ester groups is 1. The van der Waals surface area contributed by atoms with Gasteiger partial charge in [0.2, 0.25) is 5.91 Å². The lowest BCUT2D eigenvalue weighted by atomic mass is 9.85. The van der Waals surface area contributed by atoms with Crippen LogP contribution in [0, 0.1) is 0 Å². The van der Waals surface area contributed by atoms with Crippen molar-refractivity contribution in [1.29, 1.82) is 0 Å². The highest BCUT2D eigenvalue weighted by Crippen LogP contribution is 2.47. The maximum atomic E-state index is 13.0. The second-order valence-electron chi connectivity index (χ2n) is 18.2. The predicted molar refractivity (Wildman–Crippen MR) is 261 cm³/mol. The monoisotopic (exact) mass is 944 g/mol. The Morgan fingerprint density at radius 2 is 0.969 bits per heavy atom. The van der Waals surface area contributed by atoms with E-state index < -0.39 is 75.2 Å². The van der Waals surface area contributed by atoms with Gasteiger partial charge in [0.1, 0.15) is 36.6 Å². The van der Waals surface area contributed by atoms with Crippen LogP contribution in [0.3, 0.4) is 0 Å². The molecule has 0 aromatic rings. The van der Waals surface area contributed by atoms with E-state index in [0.29, 0.717) is 12.8 Å². The zero-order valence-electron chi connectivity index (χ0n) is 40.4. The molecule has 65 heavy (non-hydrogen) atoms. The van der Waals surface area contributed by atoms with Crippen molar-refractivity contribution in [2.45, 2.75) is 261 Å². The molecule has 380 valence electrons. The Hall–Kier alpha value is -1.74. The molecular formula is C51H94NO12P. The van der Waals surface area contributed by atoms with Gasteiger partial charge < -0.3 is 46.0 Å². The molecule has 0 aliphatic heterocycles. The van der Waals surface area contributed by atoms with Gasteiger partial charge >= 0.3 is 7.82 Å². The van der Waals surface area contributed by atoms with E-state index >= 15 is 0 Å². The first-order valence-corrected chi connectivity index (χ1v) is 27.2. The zero-order valence-corrected chi connectivity index (χ0v) is 41.3. The fourth-order valence-corrected chi connectivity index (χ4v) is 8.89. The number of carbonyl (C=O) groups excluding carboxylic acids is 1. The van der Waals surface area contributed by atoms with Gasteiger partial charge in [-0.15, -0.1) is 0 Å². The number of aliphatic hydroxyl groups is 7. The molecule has 0 spiro atoms. The molecule has 8 unspecified atom stereocenters. The molecule has 8 atom stereocenters. The van der Waals surface area contributed by atoms with Crippen LogP contribution in [0.25, 0.3) is 0 Å². The summed E-state index contributed by atoms with van der Waals surface area (Å²) >= 11 is 0. The number of allylic oxidation sites excluding steroid dienone is 7. The molecule has 1 fully saturated rings. The predicted octanol–water partition coefficient (Wildman–Crippen LogP) is 9.48. The van der Waals surface area contributed by atoms with Crippen LogP contribution in [0.1, 0.15) is 206 Å². The Balaban J connectivity index is 2.30. The van der Waals surface area contributed by atoms with Gasteiger partial charge in [-0.25, -0.2) is 4.57 Å². The third kappa shape index (κ3) is 31.8. The topological polar surface area (TPSA) is 226 Å². The highest BCUT2D eigenvalue weighted by atomic mass is 31.2. The summed E-state index contributed by atoms with van der Waals surface area (Å²) in [5, 5.41) is 74.3. The van der Waals surface area contributed by atoms with Crippen molar-refractivity contribution in [3.8, 4) is 0 Å². The van der Waals surface area contributed by atoms with E-state index in [2.05, 4.69) is 49.5 Å². The molecule has 1 aliphatic rings. The third-order valence-electron chi connectivity index (χ3n) is 12.1. The molecular weight excluding hydrogens is 850 g/mol. The van der Waals surface area contributed by atoms with Crippen LogP contribution in [-0.4, -0.2) is 108 Å². The van der Waals surface area contributed by atoms with Crippen LogP contribution >= 0.6 is 7.82 Å². The first-order valence-electron chi connectivity index (χ1n) is 25.7. The summed E-state index contributed by atoms with van der Waals surface area (Å²) in [5.41, 5.74) is 0. The summed E-state index contributed by atoms with van der Waals surface area (Å²) in [4.78, 5) is 23.4. The summed E-state index contributed by atoms with van der Waals surface area (Å²) in [6, 6.07) is -1.26. The Morgan fingerprint density at radius 3 is 1.49 bits per heavy atom. The number of hydrogen-bond donors (Lipinski definition) is 9. The third-order valence-corrected chi connectivity index (χ3v) is 13.1. The average Bonchev–Trinajstić information content (AvgIpc) is 3.28. The smallest absolute Gasteiger partial charge is 0.393 e. The van der Waals surface area contributed by atoms with E-state index in [1.807, 2.05) is 6.08 Å². The lowest BCUT2D eigenvalue weighted by molar-refractivity contribution is -0.220. The van der Waals surface area contributed by atoms with Crippen LogP contribution in [0.5, 0.6) is 0 Å². The molecule has 0 aromatic heterocycles.